The SMILES string of the molecule is CNCc1ccc(S(=O)(=O)N(C)C2CCCCC2)s1. The summed E-state index contributed by atoms with van der Waals surface area (Å²) in [5.74, 6) is 0. The summed E-state index contributed by atoms with van der Waals surface area (Å²) < 4.78 is 27.2. The first-order chi connectivity index (χ1) is 9.05. The zero-order valence-electron chi connectivity index (χ0n) is 11.6. The predicted octanol–water partition coefficient (Wildman–Crippen LogP) is 2.42. The summed E-state index contributed by atoms with van der Waals surface area (Å²) >= 11 is 1.36. The highest BCUT2D eigenvalue weighted by Gasteiger charge is 2.29. The Balaban J connectivity index is 2.15. The maximum absolute atomic E-state index is 12.6. The summed E-state index contributed by atoms with van der Waals surface area (Å²) in [6, 6.07) is 3.79. The van der Waals surface area contributed by atoms with Gasteiger partial charge in [0.25, 0.3) is 10.0 Å². The average molecular weight is 302 g/mol. The molecule has 0 radical (unpaired) electrons. The molecule has 1 aromatic heterocycles. The Kier molecular flexibility index (Phi) is 5.00. The Morgan fingerprint density at radius 3 is 2.63 bits per heavy atom. The van der Waals surface area contributed by atoms with Crippen molar-refractivity contribution >= 4 is 21.4 Å². The molecule has 108 valence electrons. The lowest BCUT2D eigenvalue weighted by atomic mass is 9.96. The van der Waals surface area contributed by atoms with Crippen molar-refractivity contribution in [1.29, 1.82) is 0 Å². The van der Waals surface area contributed by atoms with E-state index in [1.807, 2.05) is 13.1 Å². The zero-order chi connectivity index (χ0) is 13.9. The van der Waals surface area contributed by atoms with Crippen LogP contribution in [0.1, 0.15) is 37.0 Å². The molecule has 6 heteroatoms. The zero-order valence-corrected chi connectivity index (χ0v) is 13.2. The van der Waals surface area contributed by atoms with E-state index >= 15 is 0 Å². The van der Waals surface area contributed by atoms with Crippen LogP contribution in [0, 0.1) is 0 Å². The van der Waals surface area contributed by atoms with Crippen LogP contribution < -0.4 is 5.32 Å². The van der Waals surface area contributed by atoms with Crippen LogP contribution in [0.2, 0.25) is 0 Å². The Hall–Kier alpha value is -0.430. The number of sulfonamides is 1. The lowest BCUT2D eigenvalue weighted by Crippen LogP contribution is -2.37. The summed E-state index contributed by atoms with van der Waals surface area (Å²) in [6.07, 6.45) is 5.49. The van der Waals surface area contributed by atoms with Crippen molar-refractivity contribution < 1.29 is 8.42 Å². The summed E-state index contributed by atoms with van der Waals surface area (Å²) in [4.78, 5) is 1.05. The molecule has 1 aliphatic carbocycles. The third-order valence-corrected chi connectivity index (χ3v) is 7.17. The van der Waals surface area contributed by atoms with Crippen molar-refractivity contribution in [3.8, 4) is 0 Å². The van der Waals surface area contributed by atoms with Gasteiger partial charge in [-0.15, -0.1) is 11.3 Å². The van der Waals surface area contributed by atoms with E-state index in [0.29, 0.717) is 10.8 Å². The molecule has 1 aromatic rings. The Morgan fingerprint density at radius 2 is 2.00 bits per heavy atom. The number of thiophene rings is 1. The maximum Gasteiger partial charge on any atom is 0.252 e. The molecule has 1 fully saturated rings. The fourth-order valence-electron chi connectivity index (χ4n) is 2.55. The third-order valence-electron chi connectivity index (χ3n) is 3.71. The third kappa shape index (κ3) is 3.37. The Morgan fingerprint density at radius 1 is 1.32 bits per heavy atom. The largest absolute Gasteiger partial charge is 0.315 e. The van der Waals surface area contributed by atoms with Gasteiger partial charge in [-0.25, -0.2) is 8.42 Å². The molecule has 0 aliphatic heterocycles. The van der Waals surface area contributed by atoms with Crippen LogP contribution in [0.25, 0.3) is 0 Å². The minimum Gasteiger partial charge on any atom is -0.315 e. The smallest absolute Gasteiger partial charge is 0.252 e. The molecular weight excluding hydrogens is 280 g/mol. The van der Waals surface area contributed by atoms with E-state index in [2.05, 4.69) is 5.32 Å². The van der Waals surface area contributed by atoms with Crippen LogP contribution in [-0.4, -0.2) is 32.9 Å². The topological polar surface area (TPSA) is 49.4 Å². The van der Waals surface area contributed by atoms with Gasteiger partial charge in [0, 0.05) is 24.5 Å². The predicted molar refractivity (Wildman–Crippen MR) is 78.9 cm³/mol. The molecule has 0 bridgehead atoms. The van der Waals surface area contributed by atoms with Gasteiger partial charge in [-0.1, -0.05) is 19.3 Å². The highest BCUT2D eigenvalue weighted by molar-refractivity contribution is 7.91. The summed E-state index contributed by atoms with van der Waals surface area (Å²) in [7, 11) is 0.276. The van der Waals surface area contributed by atoms with Crippen LogP contribution in [-0.2, 0) is 16.6 Å². The van der Waals surface area contributed by atoms with Gasteiger partial charge < -0.3 is 5.32 Å². The minimum absolute atomic E-state index is 0.175. The van der Waals surface area contributed by atoms with Crippen LogP contribution in [0.3, 0.4) is 0 Å². The monoisotopic (exact) mass is 302 g/mol. The summed E-state index contributed by atoms with van der Waals surface area (Å²) in [5, 5.41) is 3.04. The Bertz CT molecular complexity index is 504. The highest BCUT2D eigenvalue weighted by Crippen LogP contribution is 2.29. The second-order valence-corrected chi connectivity index (χ2v) is 8.46. The standard InChI is InChI=1S/C13H22N2O2S2/c1-14-10-12-8-9-13(18-12)19(16,17)15(2)11-6-4-3-5-7-11/h8-9,11,14H,3-7,10H2,1-2H3. The van der Waals surface area contributed by atoms with Crippen molar-refractivity contribution in [1.82, 2.24) is 9.62 Å². The fraction of sp³-hybridized carbons (Fsp3) is 0.692. The molecule has 1 aliphatic rings. The fourth-order valence-corrected chi connectivity index (χ4v) is 5.52. The van der Waals surface area contributed by atoms with Crippen molar-refractivity contribution in [2.75, 3.05) is 14.1 Å². The quantitative estimate of drug-likeness (QED) is 0.909. The van der Waals surface area contributed by atoms with Gasteiger partial charge in [0.1, 0.15) is 4.21 Å². The molecule has 1 N–H and O–H groups in total. The first-order valence-corrected chi connectivity index (χ1v) is 9.02. The first-order valence-electron chi connectivity index (χ1n) is 6.77. The molecule has 4 nitrogen and oxygen atoms in total. The van der Waals surface area contributed by atoms with Gasteiger partial charge in [0.2, 0.25) is 0 Å². The molecule has 19 heavy (non-hydrogen) atoms. The van der Waals surface area contributed by atoms with Gasteiger partial charge in [0.05, 0.1) is 0 Å². The van der Waals surface area contributed by atoms with Crippen LogP contribution in [0.15, 0.2) is 16.3 Å². The molecule has 0 aromatic carbocycles. The van der Waals surface area contributed by atoms with Gasteiger partial charge in [-0.2, -0.15) is 4.31 Å². The van der Waals surface area contributed by atoms with Crippen molar-refractivity contribution in [2.45, 2.75) is 48.9 Å². The second-order valence-electron chi connectivity index (χ2n) is 5.06. The van der Waals surface area contributed by atoms with E-state index in [0.717, 1.165) is 30.6 Å². The van der Waals surface area contributed by atoms with E-state index in [-0.39, 0.29) is 6.04 Å². The second kappa shape index (κ2) is 6.35. The average Bonchev–Trinajstić information content (AvgIpc) is 2.89. The number of nitrogens with zero attached hydrogens (tertiary/aromatic N) is 1. The van der Waals surface area contributed by atoms with Crippen LogP contribution >= 0.6 is 11.3 Å². The van der Waals surface area contributed by atoms with Gasteiger partial charge in [-0.05, 0) is 32.0 Å². The summed E-state index contributed by atoms with van der Waals surface area (Å²) in [6.45, 7) is 0.716. The minimum atomic E-state index is -3.31. The first kappa shape index (κ1) is 15.0. The van der Waals surface area contributed by atoms with Crippen molar-refractivity contribution in [3.05, 3.63) is 17.0 Å². The maximum atomic E-state index is 12.6. The van der Waals surface area contributed by atoms with Gasteiger partial charge in [0.15, 0.2) is 0 Å². The van der Waals surface area contributed by atoms with Crippen molar-refractivity contribution in [2.24, 2.45) is 0 Å². The molecule has 0 amide bonds. The molecule has 0 unspecified atom stereocenters. The highest BCUT2D eigenvalue weighted by atomic mass is 32.2. The van der Waals surface area contributed by atoms with Crippen molar-refractivity contribution in [3.63, 3.8) is 0 Å². The van der Waals surface area contributed by atoms with Gasteiger partial charge >= 0.3 is 0 Å². The van der Waals surface area contributed by atoms with Crippen LogP contribution in [0.4, 0.5) is 0 Å². The molecule has 2 rings (SSSR count). The normalized spacial score (nSPS) is 18.1. The van der Waals surface area contributed by atoms with E-state index in [1.165, 1.54) is 17.8 Å². The molecule has 0 saturated heterocycles. The summed E-state index contributed by atoms with van der Waals surface area (Å²) in [5.41, 5.74) is 0. The number of hydrogen-bond donors (Lipinski definition) is 1. The molecule has 1 saturated carbocycles. The number of nitrogens with one attached hydrogen (secondary N) is 1. The number of hydrogen-bond acceptors (Lipinski definition) is 4. The van der Waals surface area contributed by atoms with Crippen LogP contribution in [0.5, 0.6) is 0 Å². The molecule has 0 spiro atoms. The van der Waals surface area contributed by atoms with Gasteiger partial charge in [-0.3, -0.25) is 0 Å². The van der Waals surface area contributed by atoms with E-state index in [4.69, 9.17) is 0 Å². The lowest BCUT2D eigenvalue weighted by Gasteiger charge is -2.29. The molecule has 0 atom stereocenters. The number of rotatable bonds is 5. The molecule has 1 heterocycles. The van der Waals surface area contributed by atoms with E-state index < -0.39 is 10.0 Å². The Labute approximate surface area is 119 Å². The lowest BCUT2D eigenvalue weighted by molar-refractivity contribution is 0.286. The van der Waals surface area contributed by atoms with E-state index in [9.17, 15) is 8.42 Å². The molecular formula is C13H22N2O2S2. The van der Waals surface area contributed by atoms with E-state index in [1.54, 1.807) is 17.4 Å².